The van der Waals surface area contributed by atoms with Gasteiger partial charge < -0.3 is 14.8 Å². The van der Waals surface area contributed by atoms with Crippen LogP contribution in [-0.2, 0) is 9.47 Å². The molecule has 2 aliphatic rings. The van der Waals surface area contributed by atoms with Crippen molar-refractivity contribution in [3.63, 3.8) is 0 Å². The van der Waals surface area contributed by atoms with Crippen LogP contribution >= 0.6 is 0 Å². The van der Waals surface area contributed by atoms with Gasteiger partial charge in [-0.05, 0) is 19.3 Å². The Morgan fingerprint density at radius 1 is 1.08 bits per heavy atom. The third-order valence-electron chi connectivity index (χ3n) is 1.68. The normalized spacial score (nSPS) is 21.8. The third kappa shape index (κ3) is 4.18. The monoisotopic (exact) mass is 173 g/mol. The van der Waals surface area contributed by atoms with E-state index in [9.17, 15) is 4.79 Å². The van der Waals surface area contributed by atoms with Crippen molar-refractivity contribution in [1.82, 2.24) is 5.32 Å². The summed E-state index contributed by atoms with van der Waals surface area (Å²) in [4.78, 5) is 9.91. The smallest absolute Gasteiger partial charge is 0.407 e. The molecule has 0 bridgehead atoms. The van der Waals surface area contributed by atoms with E-state index in [1.165, 1.54) is 19.3 Å². The first-order valence-electron chi connectivity index (χ1n) is 4.38. The van der Waals surface area contributed by atoms with Gasteiger partial charge in [0.15, 0.2) is 0 Å². The van der Waals surface area contributed by atoms with Crippen LogP contribution in [0.25, 0.3) is 0 Å². The van der Waals surface area contributed by atoms with E-state index in [4.69, 9.17) is 4.74 Å². The number of hydrogen-bond acceptors (Lipinski definition) is 3. The van der Waals surface area contributed by atoms with Gasteiger partial charge in [-0.3, -0.25) is 0 Å². The van der Waals surface area contributed by atoms with Gasteiger partial charge in [-0.15, -0.1) is 0 Å². The average molecular weight is 173 g/mol. The summed E-state index contributed by atoms with van der Waals surface area (Å²) < 4.78 is 9.47. The lowest BCUT2D eigenvalue weighted by Gasteiger charge is -2.08. The largest absolute Gasteiger partial charge is 0.448 e. The molecule has 4 nitrogen and oxygen atoms in total. The van der Waals surface area contributed by atoms with Gasteiger partial charge in [0.1, 0.15) is 6.61 Å². The Kier molecular flexibility index (Phi) is 4.52. The second-order valence-electron chi connectivity index (χ2n) is 2.74. The van der Waals surface area contributed by atoms with Crippen molar-refractivity contribution < 1.29 is 14.3 Å². The van der Waals surface area contributed by atoms with Gasteiger partial charge in [-0.25, -0.2) is 4.79 Å². The highest BCUT2D eigenvalue weighted by atomic mass is 16.6. The molecular formula is C8H15NO3. The van der Waals surface area contributed by atoms with Gasteiger partial charge in [-0.2, -0.15) is 0 Å². The van der Waals surface area contributed by atoms with E-state index < -0.39 is 0 Å². The lowest BCUT2D eigenvalue weighted by molar-refractivity contribution is 0.0968. The molecule has 0 aliphatic carbocycles. The molecule has 2 aliphatic heterocycles. The standard InChI is InChI=1S/C5H10O.C3H5NO2/c1-2-4-6-5-3-1;5-3-4-1-2-6-3/h1-5H2;1-2H2,(H,4,5). The van der Waals surface area contributed by atoms with Crippen LogP contribution in [0.5, 0.6) is 0 Å². The number of nitrogens with one attached hydrogen (secondary N) is 1. The fourth-order valence-corrected chi connectivity index (χ4v) is 1.03. The van der Waals surface area contributed by atoms with Gasteiger partial charge in [0, 0.05) is 13.2 Å². The molecule has 1 amide bonds. The topological polar surface area (TPSA) is 47.6 Å². The molecule has 0 aromatic rings. The molecule has 2 heterocycles. The number of carbonyl (C=O) groups excluding carboxylic acids is 1. The SMILES string of the molecule is C1CCOCC1.O=C1NCCO1. The minimum atomic E-state index is -0.296. The number of ether oxygens (including phenoxy) is 2. The van der Waals surface area contributed by atoms with E-state index in [1.807, 2.05) is 0 Å². The van der Waals surface area contributed by atoms with E-state index in [2.05, 4.69) is 10.1 Å². The number of cyclic esters (lactones) is 1. The van der Waals surface area contributed by atoms with Crippen LogP contribution in [0, 0.1) is 0 Å². The summed E-state index contributed by atoms with van der Waals surface area (Å²) in [6.45, 7) is 3.19. The van der Waals surface area contributed by atoms with Crippen molar-refractivity contribution in [3.8, 4) is 0 Å². The molecule has 1 N–H and O–H groups in total. The molecule has 0 saturated carbocycles. The maximum absolute atomic E-state index is 9.91. The minimum Gasteiger partial charge on any atom is -0.448 e. The molecule has 70 valence electrons. The van der Waals surface area contributed by atoms with Crippen molar-refractivity contribution in [1.29, 1.82) is 0 Å². The summed E-state index contributed by atoms with van der Waals surface area (Å²) in [5.74, 6) is 0. The molecule has 0 unspecified atom stereocenters. The van der Waals surface area contributed by atoms with Crippen LogP contribution in [0.4, 0.5) is 4.79 Å². The van der Waals surface area contributed by atoms with Crippen LogP contribution in [0.2, 0.25) is 0 Å². The predicted molar refractivity (Wildman–Crippen MR) is 44.0 cm³/mol. The van der Waals surface area contributed by atoms with Crippen molar-refractivity contribution in [2.75, 3.05) is 26.4 Å². The van der Waals surface area contributed by atoms with E-state index in [0.717, 1.165) is 13.2 Å². The predicted octanol–water partition coefficient (Wildman–Crippen LogP) is 0.913. The van der Waals surface area contributed by atoms with Gasteiger partial charge in [-0.1, -0.05) is 0 Å². The fourth-order valence-electron chi connectivity index (χ4n) is 1.03. The van der Waals surface area contributed by atoms with Crippen LogP contribution < -0.4 is 5.32 Å². The summed E-state index contributed by atoms with van der Waals surface area (Å²) in [5, 5.41) is 2.46. The molecule has 0 atom stereocenters. The Morgan fingerprint density at radius 3 is 2.00 bits per heavy atom. The summed E-state index contributed by atoms with van der Waals surface area (Å²) >= 11 is 0. The van der Waals surface area contributed by atoms with E-state index in [0.29, 0.717) is 13.2 Å². The number of amides is 1. The highest BCUT2D eigenvalue weighted by Crippen LogP contribution is 2.02. The first-order chi connectivity index (χ1) is 5.89. The maximum atomic E-state index is 9.91. The Morgan fingerprint density at radius 2 is 1.83 bits per heavy atom. The molecule has 0 aromatic carbocycles. The first-order valence-corrected chi connectivity index (χ1v) is 4.38. The second kappa shape index (κ2) is 5.83. The zero-order valence-corrected chi connectivity index (χ0v) is 7.17. The second-order valence-corrected chi connectivity index (χ2v) is 2.74. The highest BCUT2D eigenvalue weighted by molar-refractivity contribution is 5.68. The molecule has 12 heavy (non-hydrogen) atoms. The Balaban J connectivity index is 0.000000120. The van der Waals surface area contributed by atoms with Crippen molar-refractivity contribution in [2.45, 2.75) is 19.3 Å². The van der Waals surface area contributed by atoms with E-state index >= 15 is 0 Å². The first kappa shape index (κ1) is 9.32. The van der Waals surface area contributed by atoms with Crippen LogP contribution in [-0.4, -0.2) is 32.5 Å². The molecule has 2 fully saturated rings. The zero-order valence-electron chi connectivity index (χ0n) is 7.17. The molecule has 4 heteroatoms. The fraction of sp³-hybridized carbons (Fsp3) is 0.875. The quantitative estimate of drug-likeness (QED) is 0.592. The Labute approximate surface area is 72.2 Å². The number of alkyl carbamates (subject to hydrolysis) is 1. The highest BCUT2D eigenvalue weighted by Gasteiger charge is 2.06. The van der Waals surface area contributed by atoms with Gasteiger partial charge >= 0.3 is 6.09 Å². The van der Waals surface area contributed by atoms with E-state index in [1.54, 1.807) is 0 Å². The van der Waals surface area contributed by atoms with Gasteiger partial charge in [0.05, 0.1) is 6.54 Å². The minimum absolute atomic E-state index is 0.296. The number of carbonyl (C=O) groups is 1. The summed E-state index contributed by atoms with van der Waals surface area (Å²) in [7, 11) is 0. The van der Waals surface area contributed by atoms with Gasteiger partial charge in [0.2, 0.25) is 0 Å². The molecule has 2 saturated heterocycles. The average Bonchev–Trinajstić information content (AvgIpc) is 2.60. The summed E-state index contributed by atoms with van der Waals surface area (Å²) in [5.41, 5.74) is 0. The van der Waals surface area contributed by atoms with E-state index in [-0.39, 0.29) is 6.09 Å². The maximum Gasteiger partial charge on any atom is 0.407 e. The zero-order chi connectivity index (χ0) is 8.65. The van der Waals surface area contributed by atoms with Crippen LogP contribution in [0.3, 0.4) is 0 Å². The molecule has 0 spiro atoms. The van der Waals surface area contributed by atoms with Crippen LogP contribution in [0.1, 0.15) is 19.3 Å². The van der Waals surface area contributed by atoms with Crippen LogP contribution in [0.15, 0.2) is 0 Å². The number of rotatable bonds is 0. The summed E-state index contributed by atoms with van der Waals surface area (Å²) in [6, 6.07) is 0. The third-order valence-corrected chi connectivity index (χ3v) is 1.68. The van der Waals surface area contributed by atoms with Crippen molar-refractivity contribution in [3.05, 3.63) is 0 Å². The van der Waals surface area contributed by atoms with Gasteiger partial charge in [0.25, 0.3) is 0 Å². The molecule has 2 rings (SSSR count). The lowest BCUT2D eigenvalue weighted by atomic mass is 10.2. The Hall–Kier alpha value is -0.770. The molecule has 0 radical (unpaired) electrons. The molecular weight excluding hydrogens is 158 g/mol. The summed E-state index contributed by atoms with van der Waals surface area (Å²) in [6.07, 6.45) is 3.63. The van der Waals surface area contributed by atoms with Crippen molar-refractivity contribution in [2.24, 2.45) is 0 Å². The lowest BCUT2D eigenvalue weighted by Crippen LogP contribution is -2.11. The number of hydrogen-bond donors (Lipinski definition) is 1. The Bertz CT molecular complexity index is 115. The van der Waals surface area contributed by atoms with Crippen molar-refractivity contribution >= 4 is 6.09 Å². The molecule has 0 aromatic heterocycles.